The van der Waals surface area contributed by atoms with Gasteiger partial charge in [0.15, 0.2) is 23.0 Å². The van der Waals surface area contributed by atoms with Gasteiger partial charge < -0.3 is 20.1 Å². The highest BCUT2D eigenvalue weighted by atomic mass is 16.6. The van der Waals surface area contributed by atoms with Crippen LogP contribution in [-0.4, -0.2) is 49.8 Å². The van der Waals surface area contributed by atoms with Crippen LogP contribution in [0.25, 0.3) is 0 Å². The number of cyclic esters (lactones) is 1. The highest BCUT2D eigenvalue weighted by molar-refractivity contribution is 6.21. The summed E-state index contributed by atoms with van der Waals surface area (Å²) in [7, 11) is 0. The van der Waals surface area contributed by atoms with Crippen molar-refractivity contribution in [3.8, 4) is 0 Å². The highest BCUT2D eigenvalue weighted by Gasteiger charge is 2.72. The van der Waals surface area contributed by atoms with Crippen molar-refractivity contribution >= 4 is 23.3 Å². The number of aliphatic hydroxyl groups excluding tert-OH is 2. The molecule has 6 unspecified atom stereocenters. The number of fused-ring (bicyclic) bond motifs is 3. The van der Waals surface area contributed by atoms with Crippen LogP contribution in [0.5, 0.6) is 0 Å². The first-order chi connectivity index (χ1) is 16.4. The standard InChI is InChI=1S/C27H30O8/c1-6-8-10-12-15(28)17-19-22(30)18(16(29)13-11-9-7-2)20(26(4,34)24(19)32)21(17)27(5)23(31)14(3)25(33)35-27/h6-13,17,19-21,29,31,34H,1-5H3. The quantitative estimate of drug-likeness (QED) is 0.173. The van der Waals surface area contributed by atoms with Gasteiger partial charge in [-0.2, -0.15) is 0 Å². The van der Waals surface area contributed by atoms with E-state index in [4.69, 9.17) is 4.74 Å². The fourth-order valence-electron chi connectivity index (χ4n) is 5.48. The monoisotopic (exact) mass is 482 g/mol. The lowest BCUT2D eigenvalue weighted by Crippen LogP contribution is -2.71. The number of hydrogen-bond acceptors (Lipinski definition) is 8. The van der Waals surface area contributed by atoms with E-state index >= 15 is 0 Å². The van der Waals surface area contributed by atoms with Crippen molar-refractivity contribution in [1.29, 1.82) is 0 Å². The Balaban J connectivity index is 2.33. The van der Waals surface area contributed by atoms with Gasteiger partial charge in [0.25, 0.3) is 0 Å². The third-order valence-corrected chi connectivity index (χ3v) is 7.15. The third kappa shape index (κ3) is 3.91. The number of rotatable bonds is 6. The average Bonchev–Trinajstić information content (AvgIpc) is 2.99. The molecule has 0 radical (unpaired) electrons. The van der Waals surface area contributed by atoms with Crippen molar-refractivity contribution in [3.05, 3.63) is 71.3 Å². The van der Waals surface area contributed by atoms with E-state index in [1.807, 2.05) is 0 Å². The van der Waals surface area contributed by atoms with Crippen LogP contribution in [0, 0.1) is 23.7 Å². The first-order valence-corrected chi connectivity index (χ1v) is 11.4. The molecular weight excluding hydrogens is 452 g/mol. The van der Waals surface area contributed by atoms with Crippen LogP contribution in [0.2, 0.25) is 0 Å². The molecule has 35 heavy (non-hydrogen) atoms. The minimum absolute atomic E-state index is 0.0790. The van der Waals surface area contributed by atoms with Crippen LogP contribution in [0.3, 0.4) is 0 Å². The smallest absolute Gasteiger partial charge is 0.338 e. The summed E-state index contributed by atoms with van der Waals surface area (Å²) >= 11 is 0. The molecule has 4 rings (SSSR count). The van der Waals surface area contributed by atoms with Crippen LogP contribution in [0.4, 0.5) is 0 Å². The maximum Gasteiger partial charge on any atom is 0.338 e. The van der Waals surface area contributed by atoms with Gasteiger partial charge >= 0.3 is 5.97 Å². The molecule has 1 aliphatic heterocycles. The fraction of sp³-hybridized carbons (Fsp3) is 0.407. The maximum absolute atomic E-state index is 13.5. The predicted molar refractivity (Wildman–Crippen MR) is 127 cm³/mol. The molecule has 8 heteroatoms. The Bertz CT molecular complexity index is 1160. The van der Waals surface area contributed by atoms with E-state index in [0.717, 1.165) is 0 Å². The summed E-state index contributed by atoms with van der Waals surface area (Å²) < 4.78 is 5.54. The lowest BCUT2D eigenvalue weighted by Gasteiger charge is -2.56. The third-order valence-electron chi connectivity index (χ3n) is 7.15. The van der Waals surface area contributed by atoms with Gasteiger partial charge in [-0.1, -0.05) is 36.5 Å². The number of esters is 1. The maximum atomic E-state index is 13.5. The Morgan fingerprint density at radius 2 is 1.57 bits per heavy atom. The summed E-state index contributed by atoms with van der Waals surface area (Å²) in [6.07, 6.45) is 12.0. The SMILES string of the molecule is CC=CC=CC(=O)C1C2C(=O)C(=C(O)C=CC=CC)C(C1C1(C)OC(=O)C(C)=C1O)C(C)(O)C2=O. The van der Waals surface area contributed by atoms with Crippen LogP contribution in [0.1, 0.15) is 34.6 Å². The van der Waals surface area contributed by atoms with E-state index < -0.39 is 69.7 Å². The minimum Gasteiger partial charge on any atom is -0.508 e. The molecule has 0 spiro atoms. The summed E-state index contributed by atoms with van der Waals surface area (Å²) in [6, 6.07) is 0. The molecule has 0 saturated heterocycles. The van der Waals surface area contributed by atoms with E-state index in [1.54, 1.807) is 38.2 Å². The van der Waals surface area contributed by atoms with E-state index in [2.05, 4.69) is 0 Å². The molecular formula is C27H30O8. The Hall–Kier alpha value is -3.52. The van der Waals surface area contributed by atoms with Crippen molar-refractivity contribution in [2.24, 2.45) is 23.7 Å². The zero-order valence-electron chi connectivity index (χ0n) is 20.3. The molecule has 3 fully saturated rings. The van der Waals surface area contributed by atoms with Gasteiger partial charge in [0.05, 0.1) is 11.5 Å². The average molecular weight is 483 g/mol. The van der Waals surface area contributed by atoms with Crippen molar-refractivity contribution in [3.63, 3.8) is 0 Å². The molecule has 0 aromatic carbocycles. The number of Topliss-reactive ketones (excluding diaryl/α,β-unsaturated/α-hetero) is 2. The largest absolute Gasteiger partial charge is 0.508 e. The molecule has 3 aliphatic carbocycles. The first-order valence-electron chi connectivity index (χ1n) is 11.4. The summed E-state index contributed by atoms with van der Waals surface area (Å²) in [6.45, 7) is 7.45. The molecule has 186 valence electrons. The van der Waals surface area contributed by atoms with Crippen LogP contribution in [-0.2, 0) is 23.9 Å². The molecule has 2 bridgehead atoms. The van der Waals surface area contributed by atoms with E-state index in [9.17, 15) is 34.5 Å². The zero-order chi connectivity index (χ0) is 26.3. The molecule has 4 aliphatic rings. The lowest BCUT2D eigenvalue weighted by atomic mass is 9.46. The number of ether oxygens (including phenoxy) is 1. The highest BCUT2D eigenvalue weighted by Crippen LogP contribution is 2.59. The second-order valence-electron chi connectivity index (χ2n) is 9.32. The second-order valence-corrected chi connectivity index (χ2v) is 9.32. The van der Waals surface area contributed by atoms with E-state index in [0.29, 0.717) is 0 Å². The number of ketones is 3. The summed E-state index contributed by atoms with van der Waals surface area (Å²) in [4.78, 5) is 52.6. The van der Waals surface area contributed by atoms with Crippen LogP contribution >= 0.6 is 0 Å². The van der Waals surface area contributed by atoms with Gasteiger partial charge in [0, 0.05) is 23.3 Å². The summed E-state index contributed by atoms with van der Waals surface area (Å²) in [5.74, 6) is -9.64. The number of allylic oxidation sites excluding steroid dienone is 8. The summed E-state index contributed by atoms with van der Waals surface area (Å²) in [5.41, 5.74) is -4.34. The fourth-order valence-corrected chi connectivity index (χ4v) is 5.48. The summed E-state index contributed by atoms with van der Waals surface area (Å²) in [5, 5.41) is 33.1. The van der Waals surface area contributed by atoms with Gasteiger partial charge in [-0.25, -0.2) is 4.79 Å². The van der Waals surface area contributed by atoms with Gasteiger partial charge in [-0.05, 0) is 46.8 Å². The molecule has 0 aromatic heterocycles. The van der Waals surface area contributed by atoms with Crippen LogP contribution < -0.4 is 0 Å². The first kappa shape index (κ1) is 26.1. The van der Waals surface area contributed by atoms with E-state index in [1.165, 1.54) is 45.1 Å². The Labute approximate surface area is 203 Å². The van der Waals surface area contributed by atoms with Crippen molar-refractivity contribution in [2.75, 3.05) is 0 Å². The van der Waals surface area contributed by atoms with Crippen molar-refractivity contribution in [2.45, 2.75) is 45.8 Å². The Kier molecular flexibility index (Phi) is 6.90. The number of carbonyl (C=O) groups excluding carboxylic acids is 4. The molecule has 0 amide bonds. The normalized spacial score (nSPS) is 37.0. The second kappa shape index (κ2) is 9.26. The predicted octanol–water partition coefficient (Wildman–Crippen LogP) is 3.16. The van der Waals surface area contributed by atoms with Gasteiger partial charge in [-0.3, -0.25) is 14.4 Å². The molecule has 6 atom stereocenters. The van der Waals surface area contributed by atoms with Gasteiger partial charge in [0.1, 0.15) is 17.1 Å². The Morgan fingerprint density at radius 3 is 2.09 bits per heavy atom. The number of carbonyl (C=O) groups is 4. The van der Waals surface area contributed by atoms with Crippen molar-refractivity contribution < 1.29 is 39.2 Å². The Morgan fingerprint density at radius 1 is 1.00 bits per heavy atom. The van der Waals surface area contributed by atoms with Gasteiger partial charge in [0.2, 0.25) is 0 Å². The van der Waals surface area contributed by atoms with Crippen LogP contribution in [0.15, 0.2) is 71.3 Å². The minimum atomic E-state index is -2.18. The molecule has 3 N–H and O–H groups in total. The number of hydrogen-bond donors (Lipinski definition) is 3. The molecule has 0 aromatic rings. The molecule has 1 heterocycles. The van der Waals surface area contributed by atoms with E-state index in [-0.39, 0.29) is 11.1 Å². The molecule has 8 nitrogen and oxygen atoms in total. The zero-order valence-corrected chi connectivity index (χ0v) is 20.3. The lowest BCUT2D eigenvalue weighted by molar-refractivity contribution is -0.191. The number of aliphatic hydroxyl groups is 3. The topological polar surface area (TPSA) is 138 Å². The van der Waals surface area contributed by atoms with Gasteiger partial charge in [-0.15, -0.1) is 0 Å². The van der Waals surface area contributed by atoms with Crippen molar-refractivity contribution in [1.82, 2.24) is 0 Å². The molecule has 3 saturated carbocycles.